The van der Waals surface area contributed by atoms with Gasteiger partial charge >= 0.3 is 0 Å². The second-order valence-electron chi connectivity index (χ2n) is 9.17. The molecule has 0 saturated carbocycles. The minimum Gasteiger partial charge on any atom is -0.376 e. The first-order valence-electron chi connectivity index (χ1n) is 12.4. The third-order valence-electron chi connectivity index (χ3n) is 6.83. The van der Waals surface area contributed by atoms with Gasteiger partial charge in [0.2, 0.25) is 5.91 Å². The predicted molar refractivity (Wildman–Crippen MR) is 146 cm³/mol. The van der Waals surface area contributed by atoms with E-state index in [1.54, 1.807) is 9.80 Å². The average molecular weight is 503 g/mol. The van der Waals surface area contributed by atoms with Gasteiger partial charge in [-0.1, -0.05) is 43.3 Å². The van der Waals surface area contributed by atoms with Crippen molar-refractivity contribution in [2.45, 2.75) is 38.8 Å². The zero-order chi connectivity index (χ0) is 25.2. The van der Waals surface area contributed by atoms with Gasteiger partial charge in [-0.3, -0.25) is 14.5 Å². The summed E-state index contributed by atoms with van der Waals surface area (Å²) < 4.78 is 7.61. The first-order chi connectivity index (χ1) is 17.5. The summed E-state index contributed by atoms with van der Waals surface area (Å²) in [7, 11) is 1.81. The Morgan fingerprint density at radius 2 is 2.00 bits per heavy atom. The van der Waals surface area contributed by atoms with E-state index in [9.17, 15) is 9.59 Å². The second kappa shape index (κ2) is 10.2. The first kappa shape index (κ1) is 24.2. The van der Waals surface area contributed by atoms with Gasteiger partial charge in [0.05, 0.1) is 17.3 Å². The molecule has 8 heteroatoms. The Morgan fingerprint density at radius 1 is 1.19 bits per heavy atom. The molecule has 2 aliphatic heterocycles. The van der Waals surface area contributed by atoms with Crippen molar-refractivity contribution in [2.75, 3.05) is 25.1 Å². The van der Waals surface area contributed by atoms with E-state index in [0.717, 1.165) is 53.6 Å². The fraction of sp³-hybridized carbons (Fsp3) is 0.321. The van der Waals surface area contributed by atoms with Crippen LogP contribution in [0.25, 0.3) is 17.0 Å². The highest BCUT2D eigenvalue weighted by atomic mass is 32.1. The average Bonchev–Trinajstić information content (AvgIpc) is 3.59. The lowest BCUT2D eigenvalue weighted by Crippen LogP contribution is -2.34. The highest BCUT2D eigenvalue weighted by Gasteiger charge is 2.37. The van der Waals surface area contributed by atoms with Gasteiger partial charge in [-0.25, -0.2) is 0 Å². The van der Waals surface area contributed by atoms with Crippen LogP contribution < -0.4 is 10.2 Å². The summed E-state index contributed by atoms with van der Waals surface area (Å²) in [5, 5.41) is 4.45. The van der Waals surface area contributed by atoms with Crippen molar-refractivity contribution in [1.82, 2.24) is 14.8 Å². The molecule has 1 atom stereocenters. The molecule has 2 amide bonds. The van der Waals surface area contributed by atoms with E-state index in [2.05, 4.69) is 18.3 Å². The Hall–Kier alpha value is -3.49. The number of thiocarbonyl (C=S) groups is 1. The van der Waals surface area contributed by atoms with Crippen LogP contribution in [0.15, 0.2) is 60.4 Å². The number of ether oxygens (including phenoxy) is 1. The van der Waals surface area contributed by atoms with Gasteiger partial charge in [0, 0.05) is 37.3 Å². The Balaban J connectivity index is 1.48. The fourth-order valence-electron chi connectivity index (χ4n) is 4.94. The molecule has 0 bridgehead atoms. The third-order valence-corrected chi connectivity index (χ3v) is 7.28. The predicted octanol–water partition coefficient (Wildman–Crippen LogP) is 4.10. The van der Waals surface area contributed by atoms with Crippen molar-refractivity contribution >= 4 is 51.8 Å². The number of fused-ring (bicyclic) bond motifs is 1. The van der Waals surface area contributed by atoms with Crippen LogP contribution in [0.2, 0.25) is 0 Å². The van der Waals surface area contributed by atoms with Gasteiger partial charge in [0.15, 0.2) is 5.11 Å². The van der Waals surface area contributed by atoms with E-state index in [1.807, 2.05) is 66.4 Å². The molecule has 7 nitrogen and oxygen atoms in total. The first-order valence-corrected chi connectivity index (χ1v) is 12.8. The van der Waals surface area contributed by atoms with Gasteiger partial charge in [-0.15, -0.1) is 0 Å². The summed E-state index contributed by atoms with van der Waals surface area (Å²) in [4.78, 5) is 29.5. The van der Waals surface area contributed by atoms with Gasteiger partial charge in [-0.05, 0) is 55.3 Å². The van der Waals surface area contributed by atoms with Crippen molar-refractivity contribution in [3.05, 3.63) is 71.6 Å². The zero-order valence-electron chi connectivity index (χ0n) is 20.6. The monoisotopic (exact) mass is 502 g/mol. The Morgan fingerprint density at radius 3 is 2.72 bits per heavy atom. The maximum atomic E-state index is 13.4. The lowest BCUT2D eigenvalue weighted by Gasteiger charge is -2.16. The maximum Gasteiger partial charge on any atom is 0.281 e. The number of nitrogens with zero attached hydrogens (tertiary/aromatic N) is 3. The molecule has 1 aromatic heterocycles. The number of anilines is 1. The summed E-state index contributed by atoms with van der Waals surface area (Å²) in [6.45, 7) is 3.59. The number of hydrogen-bond donors (Lipinski definition) is 1. The van der Waals surface area contributed by atoms with Gasteiger partial charge < -0.3 is 19.5 Å². The SMILES string of the molecule is CCc1cccc2c(/C=C3/C(=O)N(c4ccccc4)C(=S)N3C)cn(CC(=O)NC[C@H]3CCCO3)c12. The van der Waals surface area contributed by atoms with Crippen LogP contribution >= 0.6 is 12.2 Å². The highest BCUT2D eigenvalue weighted by Crippen LogP contribution is 2.31. The molecule has 2 aromatic carbocycles. The number of carbonyl (C=O) groups is 2. The smallest absolute Gasteiger partial charge is 0.281 e. The van der Waals surface area contributed by atoms with E-state index < -0.39 is 0 Å². The van der Waals surface area contributed by atoms with Gasteiger partial charge in [-0.2, -0.15) is 0 Å². The topological polar surface area (TPSA) is 66.8 Å². The molecule has 186 valence electrons. The highest BCUT2D eigenvalue weighted by molar-refractivity contribution is 7.80. The number of carbonyl (C=O) groups excluding carboxylic acids is 2. The Labute approximate surface area is 216 Å². The minimum absolute atomic E-state index is 0.0574. The van der Waals surface area contributed by atoms with Crippen LogP contribution in [0.3, 0.4) is 0 Å². The van der Waals surface area contributed by atoms with Crippen LogP contribution in [0.4, 0.5) is 5.69 Å². The van der Waals surface area contributed by atoms with E-state index >= 15 is 0 Å². The summed E-state index contributed by atoms with van der Waals surface area (Å²) in [6.07, 6.45) is 6.78. The molecule has 36 heavy (non-hydrogen) atoms. The third kappa shape index (κ3) is 4.54. The molecule has 0 aliphatic carbocycles. The molecular formula is C28H30N4O3S. The standard InChI is InChI=1S/C28H30N4O3S/c1-3-19-9-7-13-23-20(17-31(26(19)23)18-25(33)29-16-22-12-8-14-35-22)15-24-27(34)32(28(36)30(24)2)21-10-5-4-6-11-21/h4-7,9-11,13,15,17,22H,3,8,12,14,16,18H2,1-2H3,(H,29,33)/b24-15-/t22-/m1/s1. The second-order valence-corrected chi connectivity index (χ2v) is 9.53. The van der Waals surface area contributed by atoms with Crippen LogP contribution in [-0.4, -0.2) is 52.7 Å². The molecule has 3 aromatic rings. The van der Waals surface area contributed by atoms with Crippen molar-refractivity contribution < 1.29 is 14.3 Å². The Kier molecular flexibility index (Phi) is 6.89. The Bertz CT molecular complexity index is 1340. The molecule has 2 fully saturated rings. The number of benzene rings is 2. The normalized spacial score (nSPS) is 19.2. The summed E-state index contributed by atoms with van der Waals surface area (Å²) in [6, 6.07) is 15.6. The fourth-order valence-corrected chi connectivity index (χ4v) is 5.23. The van der Waals surface area contributed by atoms with Crippen molar-refractivity contribution in [2.24, 2.45) is 0 Å². The van der Waals surface area contributed by atoms with E-state index in [0.29, 0.717) is 17.4 Å². The number of aromatic nitrogens is 1. The van der Waals surface area contributed by atoms with Gasteiger partial charge in [0.1, 0.15) is 12.2 Å². The molecule has 5 rings (SSSR count). The number of aryl methyl sites for hydroxylation is 1. The molecule has 2 saturated heterocycles. The molecule has 3 heterocycles. The number of likely N-dealkylation sites (N-methyl/N-ethyl adjacent to an activating group) is 1. The summed E-state index contributed by atoms with van der Waals surface area (Å²) in [5.74, 6) is -0.228. The minimum atomic E-state index is -0.171. The number of rotatable bonds is 7. The molecule has 0 spiro atoms. The van der Waals surface area contributed by atoms with Crippen LogP contribution in [0.5, 0.6) is 0 Å². The largest absolute Gasteiger partial charge is 0.376 e. The van der Waals surface area contributed by atoms with Crippen molar-refractivity contribution in [1.29, 1.82) is 0 Å². The lowest BCUT2D eigenvalue weighted by molar-refractivity contribution is -0.122. The number of hydrogen-bond acceptors (Lipinski definition) is 4. The molecule has 0 radical (unpaired) electrons. The van der Waals surface area contributed by atoms with E-state index in [1.165, 1.54) is 0 Å². The van der Waals surface area contributed by atoms with Gasteiger partial charge in [0.25, 0.3) is 5.91 Å². The van der Waals surface area contributed by atoms with E-state index in [4.69, 9.17) is 17.0 Å². The number of amides is 2. The molecular weight excluding hydrogens is 472 g/mol. The molecule has 1 N–H and O–H groups in total. The van der Waals surface area contributed by atoms with Crippen LogP contribution in [-0.2, 0) is 27.3 Å². The lowest BCUT2D eigenvalue weighted by atomic mass is 10.1. The number of nitrogens with one attached hydrogen (secondary N) is 1. The van der Waals surface area contributed by atoms with Crippen molar-refractivity contribution in [3.8, 4) is 0 Å². The zero-order valence-corrected chi connectivity index (χ0v) is 21.4. The summed E-state index contributed by atoms with van der Waals surface area (Å²) >= 11 is 5.61. The maximum absolute atomic E-state index is 13.4. The number of para-hydroxylation sites is 2. The van der Waals surface area contributed by atoms with E-state index in [-0.39, 0.29) is 24.5 Å². The molecule has 2 aliphatic rings. The van der Waals surface area contributed by atoms with Crippen molar-refractivity contribution in [3.63, 3.8) is 0 Å². The quantitative estimate of drug-likeness (QED) is 0.389. The molecule has 0 unspecified atom stereocenters. The van der Waals surface area contributed by atoms with Crippen LogP contribution in [0, 0.1) is 0 Å². The van der Waals surface area contributed by atoms with Crippen LogP contribution in [0.1, 0.15) is 30.9 Å². The summed E-state index contributed by atoms with van der Waals surface area (Å²) in [5.41, 5.74) is 4.26.